The molecule has 4 aliphatic rings. The van der Waals surface area contributed by atoms with Crippen LogP contribution in [-0.2, 0) is 22.3 Å². The molecular formula is C40H46N6O2. The number of benzene rings is 1. The predicted octanol–water partition coefficient (Wildman–Crippen LogP) is 8.67. The minimum absolute atomic E-state index is 0.0251. The van der Waals surface area contributed by atoms with Crippen molar-refractivity contribution in [2.45, 2.75) is 102 Å². The molecule has 8 heteroatoms. The molecule has 5 heterocycles. The van der Waals surface area contributed by atoms with Crippen LogP contribution in [0.4, 0.5) is 0 Å². The first-order valence-corrected chi connectivity index (χ1v) is 18.2. The highest BCUT2D eigenvalue weighted by Crippen LogP contribution is 2.37. The Labute approximate surface area is 283 Å². The summed E-state index contributed by atoms with van der Waals surface area (Å²) in [5.74, 6) is 0. The van der Waals surface area contributed by atoms with Gasteiger partial charge in [0, 0.05) is 35.6 Å². The van der Waals surface area contributed by atoms with Crippen molar-refractivity contribution in [2.24, 2.45) is 0 Å². The maximum atomic E-state index is 8.79. The van der Waals surface area contributed by atoms with E-state index in [0.29, 0.717) is 0 Å². The molecule has 2 N–H and O–H groups in total. The quantitative estimate of drug-likeness (QED) is 0.209. The predicted molar refractivity (Wildman–Crippen MR) is 189 cm³/mol. The molecule has 2 atom stereocenters. The van der Waals surface area contributed by atoms with Gasteiger partial charge >= 0.3 is 0 Å². The number of rotatable bonds is 7. The number of allylic oxidation sites excluding steroid dienone is 1. The number of nitrogens with zero attached hydrogens (tertiary/aromatic N) is 4. The minimum Gasteiger partial charge on any atom is -0.359 e. The Morgan fingerprint density at radius 3 is 2.21 bits per heavy atom. The maximum absolute atomic E-state index is 8.79. The van der Waals surface area contributed by atoms with E-state index in [0.717, 1.165) is 147 Å². The maximum Gasteiger partial charge on any atom is 0.150 e. The minimum atomic E-state index is -0.0466. The fraction of sp³-hybridized carbons (Fsp3) is 0.450. The van der Waals surface area contributed by atoms with Crippen LogP contribution in [0.15, 0.2) is 66.2 Å². The Balaban J connectivity index is 1.13. The molecule has 0 spiro atoms. The van der Waals surface area contributed by atoms with Gasteiger partial charge in [0.1, 0.15) is 6.23 Å². The van der Waals surface area contributed by atoms with Gasteiger partial charge in [0.25, 0.3) is 0 Å². The van der Waals surface area contributed by atoms with Gasteiger partial charge < -0.3 is 20.2 Å². The third-order valence-corrected chi connectivity index (χ3v) is 10.3. The van der Waals surface area contributed by atoms with Crippen molar-refractivity contribution in [1.29, 1.82) is 5.41 Å². The molecule has 1 saturated carbocycles. The van der Waals surface area contributed by atoms with Crippen LogP contribution in [0.2, 0.25) is 0 Å². The Morgan fingerprint density at radius 2 is 1.42 bits per heavy atom. The Bertz CT molecular complexity index is 1810. The Hall–Kier alpha value is -4.14. The van der Waals surface area contributed by atoms with Gasteiger partial charge in [-0.3, -0.25) is 0 Å². The van der Waals surface area contributed by atoms with Crippen LogP contribution >= 0.6 is 0 Å². The molecule has 0 radical (unpaired) electrons. The van der Waals surface area contributed by atoms with E-state index in [9.17, 15) is 0 Å². The standard InChI is InChI=1S/C40H46N6O2/c41-31-16-3-1-14-29(31)39(44-37-22-5-7-24-47-37)35-20-10-18-32(42-35)27-12-9-13-28(26-27)33-19-11-21-36(43-33)40-30-15-2-4-17-34(30)45-46(40)38-23-6-8-25-48-38/h9-13,18-21,26,37-38,41,44H,1-8,14-17,22-25H2/b39-29-,41-31?. The van der Waals surface area contributed by atoms with Crippen LogP contribution in [-0.4, -0.2) is 44.9 Å². The molecule has 3 aromatic heterocycles. The summed E-state index contributed by atoms with van der Waals surface area (Å²) in [5.41, 5.74) is 12.2. The van der Waals surface area contributed by atoms with Crippen LogP contribution in [0.5, 0.6) is 0 Å². The van der Waals surface area contributed by atoms with E-state index in [-0.39, 0.29) is 12.5 Å². The lowest BCUT2D eigenvalue weighted by Crippen LogP contribution is -2.35. The summed E-state index contributed by atoms with van der Waals surface area (Å²) < 4.78 is 14.5. The van der Waals surface area contributed by atoms with Crippen molar-refractivity contribution in [3.8, 4) is 33.9 Å². The topological polar surface area (TPSA) is 97.9 Å². The highest BCUT2D eigenvalue weighted by atomic mass is 16.5. The van der Waals surface area contributed by atoms with E-state index >= 15 is 0 Å². The molecule has 2 unspecified atom stereocenters. The first kappa shape index (κ1) is 31.1. The van der Waals surface area contributed by atoms with E-state index in [2.05, 4.69) is 70.7 Å². The number of hydrogen-bond donors (Lipinski definition) is 2. The molecule has 3 fully saturated rings. The van der Waals surface area contributed by atoms with E-state index < -0.39 is 0 Å². The van der Waals surface area contributed by atoms with E-state index in [4.69, 9.17) is 29.9 Å². The largest absolute Gasteiger partial charge is 0.359 e. The number of fused-ring (bicyclic) bond motifs is 1. The average Bonchev–Trinajstić information content (AvgIpc) is 3.55. The average molecular weight is 643 g/mol. The van der Waals surface area contributed by atoms with Crippen LogP contribution < -0.4 is 5.32 Å². The Kier molecular flexibility index (Phi) is 9.18. The van der Waals surface area contributed by atoms with Crippen molar-refractivity contribution >= 4 is 11.4 Å². The molecule has 248 valence electrons. The monoisotopic (exact) mass is 642 g/mol. The Morgan fingerprint density at radius 1 is 0.708 bits per heavy atom. The molecule has 2 aliphatic carbocycles. The fourth-order valence-electron chi connectivity index (χ4n) is 7.78. The summed E-state index contributed by atoms with van der Waals surface area (Å²) in [6.07, 6.45) is 14.7. The number of aromatic nitrogens is 4. The summed E-state index contributed by atoms with van der Waals surface area (Å²) in [4.78, 5) is 10.5. The number of aryl methyl sites for hydroxylation is 1. The van der Waals surface area contributed by atoms with Crippen molar-refractivity contribution < 1.29 is 9.47 Å². The number of hydrogen-bond acceptors (Lipinski definition) is 7. The van der Waals surface area contributed by atoms with Gasteiger partial charge in [-0.25, -0.2) is 14.6 Å². The zero-order valence-corrected chi connectivity index (χ0v) is 27.8. The second-order valence-electron chi connectivity index (χ2n) is 13.7. The molecule has 8 nitrogen and oxygen atoms in total. The SMILES string of the molecule is N=C1CCCC/C1=C(/NC1CCCCO1)c1cccc(-c2cccc(-c3cccc(-c4c5c(nn4C4CCCCO4)CCCC5)n3)c2)n1. The van der Waals surface area contributed by atoms with Gasteiger partial charge in [-0.15, -0.1) is 0 Å². The second kappa shape index (κ2) is 14.1. The molecule has 48 heavy (non-hydrogen) atoms. The second-order valence-corrected chi connectivity index (χ2v) is 13.7. The van der Waals surface area contributed by atoms with Gasteiger partial charge in [-0.2, -0.15) is 5.10 Å². The summed E-state index contributed by atoms with van der Waals surface area (Å²) in [6, 6.07) is 21.1. The smallest absolute Gasteiger partial charge is 0.150 e. The van der Waals surface area contributed by atoms with Crippen molar-refractivity contribution in [3.63, 3.8) is 0 Å². The van der Waals surface area contributed by atoms with Crippen LogP contribution in [0, 0.1) is 5.41 Å². The van der Waals surface area contributed by atoms with Gasteiger partial charge in [-0.1, -0.05) is 30.3 Å². The first-order valence-electron chi connectivity index (χ1n) is 18.2. The molecule has 0 bridgehead atoms. The van der Waals surface area contributed by atoms with Gasteiger partial charge in [0.05, 0.1) is 39.9 Å². The lowest BCUT2D eigenvalue weighted by atomic mass is 9.90. The lowest BCUT2D eigenvalue weighted by Gasteiger charge is -2.28. The molecule has 2 aliphatic heterocycles. The van der Waals surface area contributed by atoms with Gasteiger partial charge in [0.15, 0.2) is 6.23 Å². The number of ether oxygens (including phenoxy) is 2. The first-order chi connectivity index (χ1) is 23.7. The summed E-state index contributed by atoms with van der Waals surface area (Å²) in [6.45, 7) is 1.56. The molecule has 0 amide bonds. The normalized spacial score (nSPS) is 22.6. The van der Waals surface area contributed by atoms with E-state index in [1.54, 1.807) is 0 Å². The molecule has 1 aromatic carbocycles. The van der Waals surface area contributed by atoms with Crippen molar-refractivity contribution in [2.75, 3.05) is 13.2 Å². The summed E-state index contributed by atoms with van der Waals surface area (Å²) >= 11 is 0. The third-order valence-electron chi connectivity index (χ3n) is 10.3. The van der Waals surface area contributed by atoms with Crippen LogP contribution in [0.1, 0.15) is 100 Å². The van der Waals surface area contributed by atoms with E-state index in [1.165, 1.54) is 24.1 Å². The fourth-order valence-corrected chi connectivity index (χ4v) is 7.78. The molecular weight excluding hydrogens is 596 g/mol. The summed E-state index contributed by atoms with van der Waals surface area (Å²) in [7, 11) is 0. The zero-order chi connectivity index (χ0) is 32.3. The van der Waals surface area contributed by atoms with E-state index in [1.807, 2.05) is 0 Å². The van der Waals surface area contributed by atoms with Gasteiger partial charge in [0.2, 0.25) is 0 Å². The van der Waals surface area contributed by atoms with Crippen molar-refractivity contribution in [3.05, 3.63) is 83.2 Å². The zero-order valence-electron chi connectivity index (χ0n) is 27.8. The molecule has 4 aromatic rings. The van der Waals surface area contributed by atoms with Crippen molar-refractivity contribution in [1.82, 2.24) is 25.1 Å². The highest BCUT2D eigenvalue weighted by molar-refractivity contribution is 6.04. The number of pyridine rings is 2. The number of nitrogens with one attached hydrogen (secondary N) is 2. The van der Waals surface area contributed by atoms with Crippen LogP contribution in [0.25, 0.3) is 39.6 Å². The highest BCUT2D eigenvalue weighted by Gasteiger charge is 2.28. The summed E-state index contributed by atoms with van der Waals surface area (Å²) in [5, 5.41) is 17.6. The van der Waals surface area contributed by atoms with Crippen LogP contribution in [0.3, 0.4) is 0 Å². The van der Waals surface area contributed by atoms with Gasteiger partial charge in [-0.05, 0) is 126 Å². The third kappa shape index (κ3) is 6.48. The molecule has 8 rings (SSSR count). The molecule has 2 saturated heterocycles. The lowest BCUT2D eigenvalue weighted by molar-refractivity contribution is -0.0386.